The molecule has 0 saturated carbocycles. The van der Waals surface area contributed by atoms with Crippen molar-refractivity contribution in [2.24, 2.45) is 0 Å². The summed E-state index contributed by atoms with van der Waals surface area (Å²) in [6.45, 7) is 2.38. The molecule has 0 fully saturated rings. The first-order valence-electron chi connectivity index (χ1n) is 7.93. The monoisotopic (exact) mass is 326 g/mol. The van der Waals surface area contributed by atoms with Crippen molar-refractivity contribution >= 4 is 17.5 Å². The minimum Gasteiger partial charge on any atom is -0.329 e. The lowest BCUT2D eigenvalue weighted by Crippen LogP contribution is -2.41. The van der Waals surface area contributed by atoms with Crippen LogP contribution in [0.15, 0.2) is 48.5 Å². The molecule has 0 aliphatic carbocycles. The van der Waals surface area contributed by atoms with E-state index in [2.05, 4.69) is 0 Å². The van der Waals surface area contributed by atoms with Crippen LogP contribution in [0.2, 0.25) is 0 Å². The Hall–Kier alpha value is -2.69. The van der Waals surface area contributed by atoms with Gasteiger partial charge < -0.3 is 9.80 Å². The SMILES string of the molecule is CC(=O)N(CC(=O)N1CCc2ccccc21)Cc1ccc(F)cc1. The third-order valence-corrected chi connectivity index (χ3v) is 4.25. The van der Waals surface area contributed by atoms with Gasteiger partial charge in [0.15, 0.2) is 0 Å². The highest BCUT2D eigenvalue weighted by Crippen LogP contribution is 2.27. The standard InChI is InChI=1S/C19H19FN2O2/c1-14(23)21(12-15-6-8-17(20)9-7-15)13-19(24)22-11-10-16-4-2-3-5-18(16)22/h2-9H,10-13H2,1H3. The summed E-state index contributed by atoms with van der Waals surface area (Å²) in [5.41, 5.74) is 2.87. The maximum absolute atomic E-state index is 13.0. The van der Waals surface area contributed by atoms with E-state index in [1.54, 1.807) is 17.0 Å². The topological polar surface area (TPSA) is 40.6 Å². The summed E-state index contributed by atoms with van der Waals surface area (Å²) < 4.78 is 13.0. The van der Waals surface area contributed by atoms with Crippen molar-refractivity contribution in [2.75, 3.05) is 18.0 Å². The lowest BCUT2D eigenvalue weighted by Gasteiger charge is -2.24. The van der Waals surface area contributed by atoms with Gasteiger partial charge in [-0.05, 0) is 35.7 Å². The summed E-state index contributed by atoms with van der Waals surface area (Å²) in [6, 6.07) is 13.8. The Bertz CT molecular complexity index is 758. The van der Waals surface area contributed by atoms with Crippen LogP contribution in [0.25, 0.3) is 0 Å². The molecule has 0 spiro atoms. The number of rotatable bonds is 4. The van der Waals surface area contributed by atoms with Crippen LogP contribution in [0, 0.1) is 5.82 Å². The minimum absolute atomic E-state index is 0.0149. The van der Waals surface area contributed by atoms with Crippen LogP contribution in [-0.4, -0.2) is 29.8 Å². The van der Waals surface area contributed by atoms with Crippen molar-refractivity contribution in [2.45, 2.75) is 19.9 Å². The number of benzene rings is 2. The van der Waals surface area contributed by atoms with E-state index in [4.69, 9.17) is 0 Å². The molecule has 0 aromatic heterocycles. The van der Waals surface area contributed by atoms with Crippen molar-refractivity contribution in [3.63, 3.8) is 0 Å². The molecule has 3 rings (SSSR count). The Kier molecular flexibility index (Phi) is 4.60. The van der Waals surface area contributed by atoms with Crippen molar-refractivity contribution in [1.82, 2.24) is 4.90 Å². The van der Waals surface area contributed by atoms with Crippen LogP contribution in [0.3, 0.4) is 0 Å². The van der Waals surface area contributed by atoms with Crippen LogP contribution in [0.5, 0.6) is 0 Å². The van der Waals surface area contributed by atoms with Crippen molar-refractivity contribution in [3.8, 4) is 0 Å². The third-order valence-electron chi connectivity index (χ3n) is 4.25. The third kappa shape index (κ3) is 3.45. The summed E-state index contributed by atoms with van der Waals surface area (Å²) in [4.78, 5) is 27.7. The lowest BCUT2D eigenvalue weighted by molar-refractivity contribution is -0.134. The van der Waals surface area contributed by atoms with E-state index in [-0.39, 0.29) is 30.7 Å². The number of carbonyl (C=O) groups excluding carboxylic acids is 2. The molecule has 0 atom stereocenters. The van der Waals surface area contributed by atoms with Gasteiger partial charge in [-0.3, -0.25) is 9.59 Å². The van der Waals surface area contributed by atoms with Gasteiger partial charge in [-0.2, -0.15) is 0 Å². The number of hydrogen-bond donors (Lipinski definition) is 0. The van der Waals surface area contributed by atoms with E-state index in [1.165, 1.54) is 24.0 Å². The van der Waals surface area contributed by atoms with E-state index in [1.807, 2.05) is 24.3 Å². The molecule has 2 aromatic rings. The normalized spacial score (nSPS) is 12.8. The molecular formula is C19H19FN2O2. The first kappa shape index (κ1) is 16.2. The zero-order chi connectivity index (χ0) is 17.1. The van der Waals surface area contributed by atoms with Gasteiger partial charge in [0.1, 0.15) is 12.4 Å². The molecule has 2 aromatic carbocycles. The molecule has 1 heterocycles. The fraction of sp³-hybridized carbons (Fsp3) is 0.263. The van der Waals surface area contributed by atoms with Gasteiger partial charge in [0.05, 0.1) is 0 Å². The average molecular weight is 326 g/mol. The summed E-state index contributed by atoms with van der Waals surface area (Å²) >= 11 is 0. The van der Waals surface area contributed by atoms with Gasteiger partial charge in [0, 0.05) is 25.7 Å². The summed E-state index contributed by atoms with van der Waals surface area (Å²) in [6.07, 6.45) is 0.833. The zero-order valence-corrected chi connectivity index (χ0v) is 13.5. The van der Waals surface area contributed by atoms with E-state index in [9.17, 15) is 14.0 Å². The van der Waals surface area contributed by atoms with Gasteiger partial charge in [-0.1, -0.05) is 30.3 Å². The number of nitrogens with zero attached hydrogens (tertiary/aromatic N) is 2. The van der Waals surface area contributed by atoms with Gasteiger partial charge in [0.2, 0.25) is 11.8 Å². The largest absolute Gasteiger partial charge is 0.329 e. The second-order valence-electron chi connectivity index (χ2n) is 5.93. The Morgan fingerprint density at radius 3 is 2.54 bits per heavy atom. The van der Waals surface area contributed by atoms with Gasteiger partial charge >= 0.3 is 0 Å². The van der Waals surface area contributed by atoms with Crippen molar-refractivity contribution < 1.29 is 14.0 Å². The molecule has 1 aliphatic rings. The molecule has 0 N–H and O–H groups in total. The van der Waals surface area contributed by atoms with Gasteiger partial charge in [-0.25, -0.2) is 4.39 Å². The lowest BCUT2D eigenvalue weighted by atomic mass is 10.2. The van der Waals surface area contributed by atoms with E-state index >= 15 is 0 Å². The van der Waals surface area contributed by atoms with Gasteiger partial charge in [0.25, 0.3) is 0 Å². The quantitative estimate of drug-likeness (QED) is 0.867. The second-order valence-corrected chi connectivity index (χ2v) is 5.93. The van der Waals surface area contributed by atoms with Gasteiger partial charge in [-0.15, -0.1) is 0 Å². The highest BCUT2D eigenvalue weighted by Gasteiger charge is 2.26. The number of halogens is 1. The highest BCUT2D eigenvalue weighted by atomic mass is 19.1. The Morgan fingerprint density at radius 1 is 1.12 bits per heavy atom. The maximum atomic E-state index is 13.0. The van der Waals surface area contributed by atoms with E-state index in [0.717, 1.165) is 23.2 Å². The molecule has 4 nitrogen and oxygen atoms in total. The zero-order valence-electron chi connectivity index (χ0n) is 13.5. The Morgan fingerprint density at radius 2 is 1.83 bits per heavy atom. The van der Waals surface area contributed by atoms with Crippen LogP contribution in [0.1, 0.15) is 18.1 Å². The molecule has 5 heteroatoms. The predicted molar refractivity (Wildman–Crippen MR) is 90.0 cm³/mol. The summed E-state index contributed by atoms with van der Waals surface area (Å²) in [5, 5.41) is 0. The molecular weight excluding hydrogens is 307 g/mol. The minimum atomic E-state index is -0.321. The number of para-hydroxylation sites is 1. The van der Waals surface area contributed by atoms with Crippen LogP contribution < -0.4 is 4.90 Å². The predicted octanol–water partition coefficient (Wildman–Crippen LogP) is 2.76. The first-order chi connectivity index (χ1) is 11.5. The average Bonchev–Trinajstić information content (AvgIpc) is 3.00. The number of hydrogen-bond acceptors (Lipinski definition) is 2. The van der Waals surface area contributed by atoms with Crippen LogP contribution in [0.4, 0.5) is 10.1 Å². The summed E-state index contributed by atoms with van der Waals surface area (Å²) in [7, 11) is 0. The molecule has 0 unspecified atom stereocenters. The number of anilines is 1. The Labute approximate surface area is 140 Å². The Balaban J connectivity index is 1.71. The smallest absolute Gasteiger partial charge is 0.246 e. The highest BCUT2D eigenvalue weighted by molar-refractivity contribution is 5.98. The maximum Gasteiger partial charge on any atom is 0.246 e. The van der Waals surface area contributed by atoms with Crippen molar-refractivity contribution in [1.29, 1.82) is 0 Å². The molecule has 24 heavy (non-hydrogen) atoms. The molecule has 0 bridgehead atoms. The second kappa shape index (κ2) is 6.83. The molecule has 124 valence electrons. The molecule has 0 saturated heterocycles. The summed E-state index contributed by atoms with van der Waals surface area (Å²) in [5.74, 6) is -0.602. The molecule has 0 radical (unpaired) electrons. The molecule has 2 amide bonds. The molecule has 1 aliphatic heterocycles. The fourth-order valence-electron chi connectivity index (χ4n) is 2.93. The van der Waals surface area contributed by atoms with Crippen LogP contribution >= 0.6 is 0 Å². The van der Waals surface area contributed by atoms with Crippen molar-refractivity contribution in [3.05, 3.63) is 65.5 Å². The number of carbonyl (C=O) groups is 2. The number of fused-ring (bicyclic) bond motifs is 1. The first-order valence-corrected chi connectivity index (χ1v) is 7.93. The van der Waals surface area contributed by atoms with Crippen LogP contribution in [-0.2, 0) is 22.6 Å². The fourth-order valence-corrected chi connectivity index (χ4v) is 2.93. The van der Waals surface area contributed by atoms with E-state index in [0.29, 0.717) is 6.54 Å². The van der Waals surface area contributed by atoms with E-state index < -0.39 is 0 Å². The number of amides is 2.